The van der Waals surface area contributed by atoms with Gasteiger partial charge in [-0.25, -0.2) is 0 Å². The maximum absolute atomic E-state index is 10.1. The Morgan fingerprint density at radius 1 is 1.18 bits per heavy atom. The first kappa shape index (κ1) is 13.9. The average Bonchev–Trinajstić information content (AvgIpc) is 2.36. The van der Waals surface area contributed by atoms with E-state index in [9.17, 15) is 10.2 Å². The van der Waals surface area contributed by atoms with Crippen LogP contribution in [0.2, 0.25) is 0 Å². The fourth-order valence-electron chi connectivity index (χ4n) is 1.84. The first-order chi connectivity index (χ1) is 8.19. The largest absolute Gasteiger partial charge is 0.394 e. The molecule has 0 spiro atoms. The molecule has 3 atom stereocenters. The van der Waals surface area contributed by atoms with Crippen LogP contribution in [0.3, 0.4) is 0 Å². The molecule has 0 fully saturated rings. The highest BCUT2D eigenvalue weighted by molar-refractivity contribution is 5.25. The molecule has 1 aromatic carbocycles. The summed E-state index contributed by atoms with van der Waals surface area (Å²) in [5.74, 6) is -0.151. The predicted octanol–water partition coefficient (Wildman–Crippen LogP) is 1.45. The van der Waals surface area contributed by atoms with Crippen molar-refractivity contribution >= 4 is 0 Å². The molecule has 3 nitrogen and oxygen atoms in total. The Balaban J connectivity index is 2.79. The zero-order chi connectivity index (χ0) is 12.7. The number of rotatable bonds is 6. The number of hydrogen-bond donors (Lipinski definition) is 3. The minimum Gasteiger partial charge on any atom is -0.394 e. The molecule has 0 bridgehead atoms. The Morgan fingerprint density at radius 3 is 2.35 bits per heavy atom. The summed E-state index contributed by atoms with van der Waals surface area (Å²) in [6.07, 6.45) is 2.38. The molecule has 0 radical (unpaired) electrons. The van der Waals surface area contributed by atoms with E-state index in [0.717, 1.165) is 5.56 Å². The van der Waals surface area contributed by atoms with Crippen LogP contribution in [0.25, 0.3) is 0 Å². The molecule has 3 heteroatoms. The van der Waals surface area contributed by atoms with Gasteiger partial charge >= 0.3 is 0 Å². The number of benzene rings is 1. The molecule has 0 heterocycles. The van der Waals surface area contributed by atoms with Crippen molar-refractivity contribution < 1.29 is 15.3 Å². The Morgan fingerprint density at radius 2 is 1.82 bits per heavy atom. The van der Waals surface area contributed by atoms with Crippen molar-refractivity contribution in [1.82, 2.24) is 0 Å². The molecule has 3 N–H and O–H groups in total. The molecular weight excluding hydrogens is 216 g/mol. The van der Waals surface area contributed by atoms with Crippen LogP contribution in [-0.2, 0) is 0 Å². The standard InChI is InChI=1S/C14H20O3/c1-2-6-13(11-7-4-3-5-8-11)14(17)9-12(16)10-15/h2-8,12-17H,9-10H2,1H3/b6-2+/t12-,13+,14-/m0/s1. The van der Waals surface area contributed by atoms with Crippen LogP contribution in [-0.4, -0.2) is 34.1 Å². The highest BCUT2D eigenvalue weighted by Gasteiger charge is 2.20. The van der Waals surface area contributed by atoms with E-state index in [2.05, 4.69) is 0 Å². The van der Waals surface area contributed by atoms with Crippen LogP contribution >= 0.6 is 0 Å². The Hall–Kier alpha value is -1.16. The van der Waals surface area contributed by atoms with E-state index < -0.39 is 12.2 Å². The lowest BCUT2D eigenvalue weighted by Crippen LogP contribution is -2.25. The summed E-state index contributed by atoms with van der Waals surface area (Å²) >= 11 is 0. The fraction of sp³-hybridized carbons (Fsp3) is 0.429. The van der Waals surface area contributed by atoms with Crippen LogP contribution < -0.4 is 0 Å². The third kappa shape index (κ3) is 4.30. The zero-order valence-corrected chi connectivity index (χ0v) is 10.0. The monoisotopic (exact) mass is 236 g/mol. The molecule has 1 aromatic rings. The molecule has 0 aliphatic heterocycles. The first-order valence-corrected chi connectivity index (χ1v) is 5.83. The summed E-state index contributed by atoms with van der Waals surface area (Å²) in [4.78, 5) is 0. The summed E-state index contributed by atoms with van der Waals surface area (Å²) in [6, 6.07) is 9.64. The molecular formula is C14H20O3. The van der Waals surface area contributed by atoms with Gasteiger partial charge in [-0.05, 0) is 12.5 Å². The Bertz CT molecular complexity index is 335. The minimum atomic E-state index is -0.874. The van der Waals surface area contributed by atoms with E-state index in [4.69, 9.17) is 5.11 Å². The molecule has 1 rings (SSSR count). The van der Waals surface area contributed by atoms with E-state index in [1.165, 1.54) is 0 Å². The van der Waals surface area contributed by atoms with Gasteiger partial charge in [0.1, 0.15) is 0 Å². The lowest BCUT2D eigenvalue weighted by molar-refractivity contribution is 0.0369. The summed E-state index contributed by atoms with van der Waals surface area (Å²) in [7, 11) is 0. The van der Waals surface area contributed by atoms with E-state index in [1.54, 1.807) is 0 Å². The second kappa shape index (κ2) is 7.22. The van der Waals surface area contributed by atoms with Crippen molar-refractivity contribution in [3.8, 4) is 0 Å². The highest BCUT2D eigenvalue weighted by atomic mass is 16.3. The molecule has 0 saturated carbocycles. The molecule has 0 saturated heterocycles. The molecule has 0 aliphatic carbocycles. The summed E-state index contributed by atoms with van der Waals surface area (Å²) in [6.45, 7) is 1.57. The van der Waals surface area contributed by atoms with E-state index >= 15 is 0 Å². The molecule has 94 valence electrons. The summed E-state index contributed by atoms with van der Waals surface area (Å²) in [5.41, 5.74) is 1.00. The highest BCUT2D eigenvalue weighted by Crippen LogP contribution is 2.24. The maximum atomic E-state index is 10.1. The van der Waals surface area contributed by atoms with Crippen molar-refractivity contribution in [2.24, 2.45) is 0 Å². The normalized spacial score (nSPS) is 16.9. The van der Waals surface area contributed by atoms with Crippen molar-refractivity contribution in [3.63, 3.8) is 0 Å². The first-order valence-electron chi connectivity index (χ1n) is 5.83. The van der Waals surface area contributed by atoms with Gasteiger partial charge in [0.2, 0.25) is 0 Å². The van der Waals surface area contributed by atoms with Crippen LogP contribution in [0, 0.1) is 0 Å². The zero-order valence-electron chi connectivity index (χ0n) is 10.0. The van der Waals surface area contributed by atoms with E-state index in [-0.39, 0.29) is 18.9 Å². The number of allylic oxidation sites excluding steroid dienone is 1. The number of aliphatic hydroxyl groups is 3. The smallest absolute Gasteiger partial charge is 0.0795 e. The van der Waals surface area contributed by atoms with Gasteiger partial charge in [-0.15, -0.1) is 0 Å². The summed E-state index contributed by atoms with van der Waals surface area (Å²) < 4.78 is 0. The number of aliphatic hydroxyl groups excluding tert-OH is 3. The van der Waals surface area contributed by atoms with E-state index in [0.29, 0.717) is 0 Å². The Labute approximate surface area is 102 Å². The van der Waals surface area contributed by atoms with Crippen molar-refractivity contribution in [2.45, 2.75) is 31.5 Å². The second-order valence-electron chi connectivity index (χ2n) is 4.10. The molecule has 0 aliphatic rings. The van der Waals surface area contributed by atoms with Gasteiger partial charge in [-0.3, -0.25) is 0 Å². The van der Waals surface area contributed by atoms with Gasteiger partial charge in [-0.2, -0.15) is 0 Å². The fourth-order valence-corrected chi connectivity index (χ4v) is 1.84. The third-order valence-corrected chi connectivity index (χ3v) is 2.72. The van der Waals surface area contributed by atoms with Gasteiger partial charge < -0.3 is 15.3 Å². The quantitative estimate of drug-likeness (QED) is 0.655. The lowest BCUT2D eigenvalue weighted by Gasteiger charge is -2.22. The SMILES string of the molecule is C/C=C/[C@H](c1ccccc1)[C@@H](O)C[C@H](O)CO. The second-order valence-corrected chi connectivity index (χ2v) is 4.10. The molecule has 0 aromatic heterocycles. The van der Waals surface area contributed by atoms with Crippen molar-refractivity contribution in [3.05, 3.63) is 48.0 Å². The summed E-state index contributed by atoms with van der Waals surface area (Å²) in [5, 5.41) is 28.2. The van der Waals surface area contributed by atoms with Crippen molar-refractivity contribution in [1.29, 1.82) is 0 Å². The maximum Gasteiger partial charge on any atom is 0.0795 e. The minimum absolute atomic E-state index is 0.151. The predicted molar refractivity (Wildman–Crippen MR) is 67.7 cm³/mol. The van der Waals surface area contributed by atoms with Crippen LogP contribution in [0.5, 0.6) is 0 Å². The van der Waals surface area contributed by atoms with Gasteiger partial charge in [0.25, 0.3) is 0 Å². The van der Waals surface area contributed by atoms with Crippen LogP contribution in [0.4, 0.5) is 0 Å². The van der Waals surface area contributed by atoms with Crippen LogP contribution in [0.15, 0.2) is 42.5 Å². The van der Waals surface area contributed by atoms with Gasteiger partial charge in [0.15, 0.2) is 0 Å². The molecule has 0 unspecified atom stereocenters. The number of hydrogen-bond acceptors (Lipinski definition) is 3. The topological polar surface area (TPSA) is 60.7 Å². The van der Waals surface area contributed by atoms with Gasteiger partial charge in [0, 0.05) is 12.3 Å². The van der Waals surface area contributed by atoms with Gasteiger partial charge in [-0.1, -0.05) is 42.5 Å². The lowest BCUT2D eigenvalue weighted by atomic mass is 9.90. The van der Waals surface area contributed by atoms with Gasteiger partial charge in [0.05, 0.1) is 18.8 Å². The van der Waals surface area contributed by atoms with E-state index in [1.807, 2.05) is 49.4 Å². The van der Waals surface area contributed by atoms with Crippen LogP contribution in [0.1, 0.15) is 24.8 Å². The van der Waals surface area contributed by atoms with Crippen molar-refractivity contribution in [2.75, 3.05) is 6.61 Å². The third-order valence-electron chi connectivity index (χ3n) is 2.72. The Kier molecular flexibility index (Phi) is 5.91. The molecule has 0 amide bonds. The molecule has 17 heavy (non-hydrogen) atoms. The average molecular weight is 236 g/mol.